The van der Waals surface area contributed by atoms with Gasteiger partial charge in [-0.2, -0.15) is 0 Å². The molecule has 0 spiro atoms. The van der Waals surface area contributed by atoms with Gasteiger partial charge in [-0.25, -0.2) is 9.07 Å². The molecule has 3 aromatic carbocycles. The first-order valence-electron chi connectivity index (χ1n) is 7.97. The third-order valence-electron chi connectivity index (χ3n) is 4.37. The summed E-state index contributed by atoms with van der Waals surface area (Å²) in [6.07, 6.45) is 0. The van der Waals surface area contributed by atoms with E-state index in [-0.39, 0.29) is 0 Å². The highest BCUT2D eigenvalue weighted by atomic mass is 19.1. The second-order valence-corrected chi connectivity index (χ2v) is 5.90. The highest BCUT2D eigenvalue weighted by molar-refractivity contribution is 5.77. The number of hydrogen-bond donors (Lipinski definition) is 1. The van der Waals surface area contributed by atoms with E-state index in [0.717, 1.165) is 11.2 Å². The van der Waals surface area contributed by atoms with Gasteiger partial charge in [-0.05, 0) is 35.4 Å². The first-order valence-corrected chi connectivity index (χ1v) is 7.97. The summed E-state index contributed by atoms with van der Waals surface area (Å²) in [7, 11) is 0. The van der Waals surface area contributed by atoms with Crippen molar-refractivity contribution >= 4 is 11.0 Å². The van der Waals surface area contributed by atoms with Crippen LogP contribution in [-0.4, -0.2) is 26.8 Å². The average Bonchev–Trinajstić information content (AvgIpc) is 3.12. The number of halogens is 1. The Labute approximate surface area is 144 Å². The highest BCUT2D eigenvalue weighted by Gasteiger charge is 2.32. The van der Waals surface area contributed by atoms with E-state index in [1.54, 1.807) is 47.1 Å². The van der Waals surface area contributed by atoms with E-state index in [9.17, 15) is 9.50 Å². The Kier molecular flexibility index (Phi) is 3.78. The van der Waals surface area contributed by atoms with Crippen molar-refractivity contribution < 1.29 is 9.50 Å². The fourth-order valence-electron chi connectivity index (χ4n) is 2.98. The molecule has 0 radical (unpaired) electrons. The summed E-state index contributed by atoms with van der Waals surface area (Å²) in [6.45, 7) is -0.921. The number of hydrogen-bond acceptors (Lipinski definition) is 3. The molecule has 4 nitrogen and oxygen atoms in total. The van der Waals surface area contributed by atoms with Crippen molar-refractivity contribution in [2.24, 2.45) is 0 Å². The zero-order valence-electron chi connectivity index (χ0n) is 13.4. The topological polar surface area (TPSA) is 50.9 Å². The van der Waals surface area contributed by atoms with E-state index < -0.39 is 12.3 Å². The van der Waals surface area contributed by atoms with Gasteiger partial charge in [-0.1, -0.05) is 59.8 Å². The van der Waals surface area contributed by atoms with Crippen LogP contribution in [0.1, 0.15) is 11.1 Å². The van der Waals surface area contributed by atoms with E-state index in [1.165, 1.54) is 0 Å². The van der Waals surface area contributed by atoms with Crippen LogP contribution in [0.5, 0.6) is 0 Å². The average molecular weight is 333 g/mol. The maximum absolute atomic E-state index is 13.8. The van der Waals surface area contributed by atoms with Crippen LogP contribution < -0.4 is 0 Å². The molecule has 0 aliphatic carbocycles. The van der Waals surface area contributed by atoms with Crippen molar-refractivity contribution in [3.05, 3.63) is 90.0 Å². The lowest BCUT2D eigenvalue weighted by Crippen LogP contribution is -2.29. The second kappa shape index (κ2) is 6.11. The van der Waals surface area contributed by atoms with Crippen LogP contribution in [0.25, 0.3) is 16.7 Å². The Balaban J connectivity index is 1.82. The Morgan fingerprint density at radius 3 is 2.24 bits per heavy atom. The minimum atomic E-state index is -1.70. The highest BCUT2D eigenvalue weighted by Crippen LogP contribution is 2.32. The van der Waals surface area contributed by atoms with Gasteiger partial charge < -0.3 is 5.11 Å². The molecule has 5 heteroatoms. The molecule has 25 heavy (non-hydrogen) atoms. The first kappa shape index (κ1) is 15.5. The van der Waals surface area contributed by atoms with Crippen LogP contribution in [0.3, 0.4) is 0 Å². The minimum absolute atomic E-state index is 0.453. The molecule has 1 N–H and O–H groups in total. The molecule has 1 heterocycles. The lowest BCUT2D eigenvalue weighted by molar-refractivity contribution is 0.0519. The van der Waals surface area contributed by atoms with E-state index in [4.69, 9.17) is 0 Å². The molecule has 1 unspecified atom stereocenters. The van der Waals surface area contributed by atoms with Crippen molar-refractivity contribution in [1.82, 2.24) is 15.0 Å². The van der Waals surface area contributed by atoms with Gasteiger partial charge in [0.15, 0.2) is 0 Å². The van der Waals surface area contributed by atoms with Crippen LogP contribution in [0.2, 0.25) is 0 Å². The van der Waals surface area contributed by atoms with Crippen molar-refractivity contribution in [2.75, 3.05) is 6.67 Å². The third kappa shape index (κ3) is 2.58. The Bertz CT molecular complexity index is 1000. The first-order chi connectivity index (χ1) is 12.2. The molecular formula is C20H16FN3O. The summed E-state index contributed by atoms with van der Waals surface area (Å²) in [5.74, 6) is 0. The maximum atomic E-state index is 13.8. The molecule has 0 bridgehead atoms. The van der Waals surface area contributed by atoms with Gasteiger partial charge in [-0.3, -0.25) is 0 Å². The molecule has 1 aromatic heterocycles. The number of alkyl halides is 1. The van der Waals surface area contributed by atoms with Gasteiger partial charge in [0.2, 0.25) is 0 Å². The Hall–Kier alpha value is -3.05. The minimum Gasteiger partial charge on any atom is -0.378 e. The summed E-state index contributed by atoms with van der Waals surface area (Å²) in [5.41, 5.74) is 1.54. The summed E-state index contributed by atoms with van der Waals surface area (Å²) in [6, 6.07) is 23.7. The van der Waals surface area contributed by atoms with Crippen LogP contribution in [-0.2, 0) is 5.60 Å². The third-order valence-corrected chi connectivity index (χ3v) is 4.37. The van der Waals surface area contributed by atoms with Crippen LogP contribution in [0, 0.1) is 0 Å². The van der Waals surface area contributed by atoms with Gasteiger partial charge in [0.25, 0.3) is 0 Å². The molecule has 0 saturated carbocycles. The van der Waals surface area contributed by atoms with Gasteiger partial charge in [0.1, 0.15) is 17.8 Å². The fourth-order valence-corrected chi connectivity index (χ4v) is 2.98. The fraction of sp³-hybridized carbons (Fsp3) is 0.100. The summed E-state index contributed by atoms with van der Waals surface area (Å²) >= 11 is 0. The second-order valence-electron chi connectivity index (χ2n) is 5.90. The number of benzene rings is 3. The normalized spacial score (nSPS) is 13.7. The molecule has 0 aliphatic heterocycles. The lowest BCUT2D eigenvalue weighted by atomic mass is 9.87. The van der Waals surface area contributed by atoms with Crippen molar-refractivity contribution in [1.29, 1.82) is 0 Å². The van der Waals surface area contributed by atoms with Gasteiger partial charge in [0, 0.05) is 0 Å². The Morgan fingerprint density at radius 2 is 1.56 bits per heavy atom. The number of aromatic nitrogens is 3. The number of rotatable bonds is 4. The van der Waals surface area contributed by atoms with Crippen LogP contribution >= 0.6 is 0 Å². The summed E-state index contributed by atoms with van der Waals surface area (Å²) < 4.78 is 15.5. The smallest absolute Gasteiger partial charge is 0.143 e. The van der Waals surface area contributed by atoms with Crippen LogP contribution in [0.4, 0.5) is 4.39 Å². The predicted octanol–water partition coefficient (Wildman–Crippen LogP) is 3.63. The van der Waals surface area contributed by atoms with E-state index in [0.29, 0.717) is 16.6 Å². The standard InChI is InChI=1S/C20H16FN3O/c21-14-20(25,15-7-3-1-4-8-15)16-11-12-19-18(13-16)22-23-24(19)17-9-5-2-6-10-17/h1-13,25H,14H2. The molecular weight excluding hydrogens is 317 g/mol. The largest absolute Gasteiger partial charge is 0.378 e. The SMILES string of the molecule is OC(CF)(c1ccccc1)c1ccc2c(c1)nnn2-c1ccccc1. The molecule has 0 amide bonds. The number of para-hydroxylation sites is 1. The van der Waals surface area contributed by atoms with Crippen molar-refractivity contribution in [2.45, 2.75) is 5.60 Å². The number of fused-ring (bicyclic) bond motifs is 1. The molecule has 0 saturated heterocycles. The zero-order chi connectivity index (χ0) is 17.3. The summed E-state index contributed by atoms with van der Waals surface area (Å²) in [5, 5.41) is 19.3. The molecule has 0 aliphatic rings. The molecule has 4 rings (SSSR count). The maximum Gasteiger partial charge on any atom is 0.143 e. The van der Waals surface area contributed by atoms with Crippen molar-refractivity contribution in [3.8, 4) is 5.69 Å². The monoisotopic (exact) mass is 333 g/mol. The number of aliphatic hydroxyl groups is 1. The van der Waals surface area contributed by atoms with E-state index >= 15 is 0 Å². The molecule has 124 valence electrons. The lowest BCUT2D eigenvalue weighted by Gasteiger charge is -2.26. The Morgan fingerprint density at radius 1 is 0.880 bits per heavy atom. The molecule has 4 aromatic rings. The quantitative estimate of drug-likeness (QED) is 0.620. The molecule has 0 fully saturated rings. The van der Waals surface area contributed by atoms with E-state index in [1.807, 2.05) is 36.4 Å². The van der Waals surface area contributed by atoms with Crippen molar-refractivity contribution in [3.63, 3.8) is 0 Å². The van der Waals surface area contributed by atoms with Crippen LogP contribution in [0.15, 0.2) is 78.9 Å². The van der Waals surface area contributed by atoms with Gasteiger partial charge in [-0.15, -0.1) is 5.10 Å². The zero-order valence-corrected chi connectivity index (χ0v) is 13.4. The van der Waals surface area contributed by atoms with Gasteiger partial charge in [0.05, 0.1) is 11.2 Å². The number of nitrogens with zero attached hydrogens (tertiary/aromatic N) is 3. The van der Waals surface area contributed by atoms with Gasteiger partial charge >= 0.3 is 0 Å². The predicted molar refractivity (Wildman–Crippen MR) is 94.3 cm³/mol. The summed E-state index contributed by atoms with van der Waals surface area (Å²) in [4.78, 5) is 0. The van der Waals surface area contributed by atoms with E-state index in [2.05, 4.69) is 10.3 Å². The molecule has 1 atom stereocenters.